The van der Waals surface area contributed by atoms with Gasteiger partial charge in [0.05, 0.1) is 6.10 Å². The van der Waals surface area contributed by atoms with E-state index in [0.29, 0.717) is 0 Å². The topological polar surface area (TPSA) is 36.0 Å². The molecule has 1 unspecified atom stereocenters. The smallest absolute Gasteiger partial charge is 0.0761 e. The van der Waals surface area contributed by atoms with Crippen molar-refractivity contribution in [3.05, 3.63) is 71.9 Å². The zero-order valence-electron chi connectivity index (χ0n) is 11.3. The van der Waals surface area contributed by atoms with Gasteiger partial charge >= 0.3 is 0 Å². The molecule has 2 N–H and O–H groups in total. The number of aromatic nitrogens is 1. The van der Waals surface area contributed by atoms with Crippen LogP contribution in [0.15, 0.2) is 60.8 Å². The molecule has 0 fully saturated rings. The van der Waals surface area contributed by atoms with Crippen molar-refractivity contribution in [2.45, 2.75) is 20.0 Å². The molecule has 2 heteroatoms. The maximum atomic E-state index is 9.02. The zero-order valence-corrected chi connectivity index (χ0v) is 11.3. The van der Waals surface area contributed by atoms with Gasteiger partial charge in [0.15, 0.2) is 0 Å². The zero-order chi connectivity index (χ0) is 13.7. The van der Waals surface area contributed by atoms with Crippen molar-refractivity contribution in [3.8, 4) is 0 Å². The number of aryl methyl sites for hydroxylation is 1. The molecule has 3 rings (SSSR count). The number of aromatic amines is 1. The van der Waals surface area contributed by atoms with Crippen LogP contribution in [0.1, 0.15) is 24.2 Å². The van der Waals surface area contributed by atoms with Crippen molar-refractivity contribution < 1.29 is 5.11 Å². The highest BCUT2D eigenvalue weighted by molar-refractivity contribution is 5.82. The molecule has 2 nitrogen and oxygen atoms in total. The third kappa shape index (κ3) is 3.46. The predicted molar refractivity (Wildman–Crippen MR) is 80.1 cm³/mol. The first-order valence-electron chi connectivity index (χ1n) is 6.44. The van der Waals surface area contributed by atoms with Gasteiger partial charge in [-0.1, -0.05) is 48.5 Å². The molecule has 0 aliphatic carbocycles. The lowest BCUT2D eigenvalue weighted by Gasteiger charge is -2.00. The Morgan fingerprint density at radius 1 is 0.947 bits per heavy atom. The quantitative estimate of drug-likeness (QED) is 0.669. The molecule has 0 radical (unpaired) electrons. The van der Waals surface area contributed by atoms with Crippen LogP contribution in [0.4, 0.5) is 0 Å². The average molecular weight is 253 g/mol. The van der Waals surface area contributed by atoms with Crippen LogP contribution in [0.2, 0.25) is 0 Å². The summed E-state index contributed by atoms with van der Waals surface area (Å²) in [6.07, 6.45) is 1.69. The van der Waals surface area contributed by atoms with Crippen LogP contribution in [0.25, 0.3) is 10.9 Å². The van der Waals surface area contributed by atoms with Gasteiger partial charge in [-0.3, -0.25) is 0 Å². The number of benzene rings is 2. The van der Waals surface area contributed by atoms with Gasteiger partial charge in [-0.15, -0.1) is 0 Å². The van der Waals surface area contributed by atoms with E-state index in [1.807, 2.05) is 42.6 Å². The molecular weight excluding hydrogens is 234 g/mol. The molecule has 1 heterocycles. The molecule has 3 aromatic rings. The first kappa shape index (κ1) is 13.4. The Labute approximate surface area is 113 Å². The Kier molecular flexibility index (Phi) is 4.37. The highest BCUT2D eigenvalue weighted by Crippen LogP contribution is 2.15. The molecule has 2 aromatic carbocycles. The van der Waals surface area contributed by atoms with Gasteiger partial charge in [-0.25, -0.2) is 0 Å². The molecule has 1 aromatic heterocycles. The van der Waals surface area contributed by atoms with Crippen LogP contribution in [-0.2, 0) is 0 Å². The summed E-state index contributed by atoms with van der Waals surface area (Å²) in [4.78, 5) is 3.19. The predicted octanol–water partition coefficient (Wildman–Crippen LogP) is 4.22. The van der Waals surface area contributed by atoms with E-state index in [1.54, 1.807) is 6.92 Å². The summed E-state index contributed by atoms with van der Waals surface area (Å²) >= 11 is 0. The standard InChI is InChI=1S/C9H9N.C8H10O/c1-7-6-10-9-5-3-2-4-8(7)9;1-7(9)8-5-3-2-4-6-8/h2-6,10H,1H3;2-7,9H,1H3. The molecule has 0 saturated heterocycles. The third-order valence-corrected chi connectivity index (χ3v) is 3.08. The second kappa shape index (κ2) is 6.21. The maximum Gasteiger partial charge on any atom is 0.0761 e. The van der Waals surface area contributed by atoms with E-state index >= 15 is 0 Å². The lowest BCUT2D eigenvalue weighted by Crippen LogP contribution is -1.87. The molecule has 1 atom stereocenters. The van der Waals surface area contributed by atoms with Crippen LogP contribution in [0.3, 0.4) is 0 Å². The number of hydrogen-bond acceptors (Lipinski definition) is 1. The number of para-hydroxylation sites is 1. The fourth-order valence-electron chi connectivity index (χ4n) is 1.95. The molecule has 0 aliphatic rings. The Bertz CT molecular complexity index is 626. The van der Waals surface area contributed by atoms with Crippen molar-refractivity contribution in [2.24, 2.45) is 0 Å². The second-order valence-electron chi connectivity index (χ2n) is 4.60. The minimum atomic E-state index is -0.341. The fourth-order valence-corrected chi connectivity index (χ4v) is 1.95. The Morgan fingerprint density at radius 2 is 1.58 bits per heavy atom. The Hall–Kier alpha value is -2.06. The summed E-state index contributed by atoms with van der Waals surface area (Å²) in [5.74, 6) is 0. The molecule has 0 aliphatic heterocycles. The van der Waals surface area contributed by atoms with Crippen molar-refractivity contribution in [1.29, 1.82) is 0 Å². The normalized spacial score (nSPS) is 11.7. The molecule has 0 spiro atoms. The third-order valence-electron chi connectivity index (χ3n) is 3.08. The van der Waals surface area contributed by atoms with E-state index < -0.39 is 0 Å². The molecule has 0 saturated carbocycles. The second-order valence-corrected chi connectivity index (χ2v) is 4.60. The number of rotatable bonds is 1. The number of nitrogens with one attached hydrogen (secondary N) is 1. The number of fused-ring (bicyclic) bond motifs is 1. The van der Waals surface area contributed by atoms with Gasteiger partial charge in [0, 0.05) is 17.1 Å². The van der Waals surface area contributed by atoms with Crippen LogP contribution in [-0.4, -0.2) is 10.1 Å². The van der Waals surface area contributed by atoms with Gasteiger partial charge in [-0.05, 0) is 31.0 Å². The summed E-state index contributed by atoms with van der Waals surface area (Å²) < 4.78 is 0. The lowest BCUT2D eigenvalue weighted by atomic mass is 10.1. The van der Waals surface area contributed by atoms with Gasteiger partial charge in [-0.2, -0.15) is 0 Å². The molecule has 0 bridgehead atoms. The van der Waals surface area contributed by atoms with Crippen molar-refractivity contribution in [1.82, 2.24) is 4.98 Å². The fraction of sp³-hybridized carbons (Fsp3) is 0.176. The van der Waals surface area contributed by atoms with E-state index in [1.165, 1.54) is 16.5 Å². The van der Waals surface area contributed by atoms with Crippen LogP contribution in [0.5, 0.6) is 0 Å². The number of aliphatic hydroxyl groups is 1. The first-order valence-corrected chi connectivity index (χ1v) is 6.44. The molecular formula is C17H19NO. The van der Waals surface area contributed by atoms with Crippen molar-refractivity contribution >= 4 is 10.9 Å². The number of hydrogen-bond donors (Lipinski definition) is 2. The largest absolute Gasteiger partial charge is 0.389 e. The number of H-pyrrole nitrogens is 1. The SMILES string of the molecule is CC(O)c1ccccc1.Cc1c[nH]c2ccccc12. The lowest BCUT2D eigenvalue weighted by molar-refractivity contribution is 0.199. The number of aliphatic hydroxyl groups excluding tert-OH is 1. The van der Waals surface area contributed by atoms with E-state index in [0.717, 1.165) is 5.56 Å². The van der Waals surface area contributed by atoms with E-state index in [9.17, 15) is 0 Å². The van der Waals surface area contributed by atoms with Gasteiger partial charge < -0.3 is 10.1 Å². The van der Waals surface area contributed by atoms with Crippen molar-refractivity contribution in [3.63, 3.8) is 0 Å². The van der Waals surface area contributed by atoms with E-state index in [4.69, 9.17) is 5.11 Å². The Balaban J connectivity index is 0.000000141. The van der Waals surface area contributed by atoms with Crippen LogP contribution < -0.4 is 0 Å². The molecule has 98 valence electrons. The Morgan fingerprint density at radius 3 is 2.16 bits per heavy atom. The van der Waals surface area contributed by atoms with Crippen LogP contribution in [0, 0.1) is 6.92 Å². The monoisotopic (exact) mass is 253 g/mol. The van der Waals surface area contributed by atoms with Crippen LogP contribution >= 0.6 is 0 Å². The van der Waals surface area contributed by atoms with E-state index in [2.05, 4.69) is 30.1 Å². The average Bonchev–Trinajstić information content (AvgIpc) is 2.83. The minimum absolute atomic E-state index is 0.341. The highest BCUT2D eigenvalue weighted by Gasteiger charge is 1.95. The van der Waals surface area contributed by atoms with E-state index in [-0.39, 0.29) is 6.10 Å². The summed E-state index contributed by atoms with van der Waals surface area (Å²) in [6.45, 7) is 3.87. The highest BCUT2D eigenvalue weighted by atomic mass is 16.3. The van der Waals surface area contributed by atoms with Gasteiger partial charge in [0.25, 0.3) is 0 Å². The van der Waals surface area contributed by atoms with Gasteiger partial charge in [0.2, 0.25) is 0 Å². The summed E-state index contributed by atoms with van der Waals surface area (Å²) in [6, 6.07) is 17.9. The molecule has 19 heavy (non-hydrogen) atoms. The van der Waals surface area contributed by atoms with Gasteiger partial charge in [0.1, 0.15) is 0 Å². The summed E-state index contributed by atoms with van der Waals surface area (Å²) in [7, 11) is 0. The molecule has 0 amide bonds. The minimum Gasteiger partial charge on any atom is -0.389 e. The maximum absolute atomic E-state index is 9.02. The van der Waals surface area contributed by atoms with Crippen molar-refractivity contribution in [2.75, 3.05) is 0 Å². The summed E-state index contributed by atoms with van der Waals surface area (Å²) in [5.41, 5.74) is 3.51. The summed E-state index contributed by atoms with van der Waals surface area (Å²) in [5, 5.41) is 10.3. The first-order chi connectivity index (χ1) is 9.18.